The molecule has 2 bridgehead atoms. The van der Waals surface area contributed by atoms with Crippen LogP contribution in [0, 0.1) is 16.7 Å². The topological polar surface area (TPSA) is 54.0 Å². The van der Waals surface area contributed by atoms with E-state index in [1.807, 2.05) is 12.1 Å². The summed E-state index contributed by atoms with van der Waals surface area (Å²) in [6, 6.07) is 9.04. The SMILES string of the molecule is CC12CCC(C(=Cc3ccc(OCCC[Si](C)(O[Si](C)(C)C)O[Si](C)(C)O[Si](C)(C)C)cc3)C1=O)C2(C)C. The molecule has 1 aromatic carbocycles. The van der Waals surface area contributed by atoms with Crippen molar-refractivity contribution in [3.05, 3.63) is 35.4 Å². The first-order valence-corrected chi connectivity index (χ1v) is 26.4. The summed E-state index contributed by atoms with van der Waals surface area (Å²) in [5.41, 5.74) is 1.90. The standard InChI is InChI=1S/C29H52O5Si4/c1-28(2)26-18-19-29(28,3)27(30)25(26)22-23-14-16-24(17-15-23)31-20-13-21-38(12,33-36(7,8)9)34-37(10,11)32-35(4,5)6/h14-17,22,26H,13,18-21H2,1-12H3. The van der Waals surface area contributed by atoms with Crippen molar-refractivity contribution in [1.29, 1.82) is 0 Å². The molecule has 9 heteroatoms. The van der Waals surface area contributed by atoms with E-state index in [1.165, 1.54) is 0 Å². The molecule has 0 saturated heterocycles. The number of rotatable bonds is 12. The zero-order chi connectivity index (χ0) is 28.8. The first-order chi connectivity index (χ1) is 17.2. The Bertz CT molecular complexity index is 1040. The van der Waals surface area contributed by atoms with Crippen molar-refractivity contribution >= 4 is 45.6 Å². The maximum atomic E-state index is 13.2. The number of ether oxygens (including phenoxy) is 1. The summed E-state index contributed by atoms with van der Waals surface area (Å²) in [5, 5.41) is 0. The summed E-state index contributed by atoms with van der Waals surface area (Å²) < 4.78 is 26.1. The van der Waals surface area contributed by atoms with Gasteiger partial charge < -0.3 is 17.1 Å². The van der Waals surface area contributed by atoms with Crippen molar-refractivity contribution in [2.75, 3.05) is 6.61 Å². The monoisotopic (exact) mass is 592 g/mol. The molecule has 0 aromatic heterocycles. The van der Waals surface area contributed by atoms with E-state index in [-0.39, 0.29) is 10.8 Å². The van der Waals surface area contributed by atoms with Crippen molar-refractivity contribution in [3.8, 4) is 5.75 Å². The molecule has 2 saturated carbocycles. The average molecular weight is 593 g/mol. The van der Waals surface area contributed by atoms with Gasteiger partial charge in [-0.2, -0.15) is 0 Å². The summed E-state index contributed by atoms with van der Waals surface area (Å²) in [5.74, 6) is 1.56. The Hall–Kier alpha value is -0.822. The molecule has 2 fully saturated rings. The summed E-state index contributed by atoms with van der Waals surface area (Å²) >= 11 is 0. The summed E-state index contributed by atoms with van der Waals surface area (Å²) in [6.07, 6.45) is 5.10. The van der Waals surface area contributed by atoms with Gasteiger partial charge in [-0.1, -0.05) is 32.9 Å². The van der Waals surface area contributed by atoms with Gasteiger partial charge in [0, 0.05) is 5.41 Å². The van der Waals surface area contributed by atoms with E-state index >= 15 is 0 Å². The van der Waals surface area contributed by atoms with E-state index in [1.54, 1.807) is 0 Å². The zero-order valence-electron chi connectivity index (χ0n) is 26.0. The van der Waals surface area contributed by atoms with Gasteiger partial charge >= 0.3 is 17.1 Å². The predicted molar refractivity (Wildman–Crippen MR) is 168 cm³/mol. The number of carbonyl (C=O) groups excluding carboxylic acids is 1. The number of allylic oxidation sites excluding steroid dienone is 1. The Labute approximate surface area is 236 Å². The molecule has 3 rings (SSSR count). The highest BCUT2D eigenvalue weighted by atomic mass is 28.5. The third-order valence-corrected chi connectivity index (χ3v) is 21.7. The lowest BCUT2D eigenvalue weighted by molar-refractivity contribution is -0.125. The second kappa shape index (κ2) is 10.9. The summed E-state index contributed by atoms with van der Waals surface area (Å²) in [4.78, 5) is 13.2. The minimum absolute atomic E-state index is 0.0399. The van der Waals surface area contributed by atoms with Crippen molar-refractivity contribution in [2.24, 2.45) is 16.7 Å². The molecule has 0 spiro atoms. The molecule has 214 valence electrons. The summed E-state index contributed by atoms with van der Waals surface area (Å²) in [6.45, 7) is 27.2. The third kappa shape index (κ3) is 7.47. The maximum Gasteiger partial charge on any atom is 0.315 e. The summed E-state index contributed by atoms with van der Waals surface area (Å²) in [7, 11) is -8.19. The van der Waals surface area contributed by atoms with Crippen LogP contribution < -0.4 is 4.74 Å². The molecule has 38 heavy (non-hydrogen) atoms. The van der Waals surface area contributed by atoms with E-state index in [2.05, 4.69) is 97.9 Å². The third-order valence-electron chi connectivity index (χ3n) is 8.15. The van der Waals surface area contributed by atoms with Crippen LogP contribution in [-0.2, 0) is 17.1 Å². The van der Waals surface area contributed by atoms with Crippen LogP contribution in [0.2, 0.25) is 65.0 Å². The molecule has 0 aliphatic heterocycles. The molecule has 0 amide bonds. The van der Waals surface area contributed by atoms with E-state index < -0.39 is 33.8 Å². The fraction of sp³-hybridized carbons (Fsp3) is 0.690. The molecule has 0 N–H and O–H groups in total. The number of hydrogen-bond donors (Lipinski definition) is 0. The second-order valence-electron chi connectivity index (χ2n) is 14.7. The largest absolute Gasteiger partial charge is 0.494 e. The number of fused-ring (bicyclic) bond motifs is 2. The minimum atomic E-state index is -2.42. The van der Waals surface area contributed by atoms with Crippen LogP contribution in [0.3, 0.4) is 0 Å². The van der Waals surface area contributed by atoms with Crippen molar-refractivity contribution in [2.45, 2.75) is 105 Å². The van der Waals surface area contributed by atoms with Gasteiger partial charge in [-0.15, -0.1) is 0 Å². The van der Waals surface area contributed by atoms with E-state index in [9.17, 15) is 4.79 Å². The van der Waals surface area contributed by atoms with Gasteiger partial charge in [-0.25, -0.2) is 0 Å². The lowest BCUT2D eigenvalue weighted by Crippen LogP contribution is -2.56. The molecule has 1 aromatic rings. The Morgan fingerprint density at radius 1 is 0.868 bits per heavy atom. The van der Waals surface area contributed by atoms with Crippen LogP contribution in [-0.4, -0.2) is 46.1 Å². The van der Waals surface area contributed by atoms with E-state index in [0.717, 1.165) is 42.2 Å². The van der Waals surface area contributed by atoms with Gasteiger partial charge in [0.25, 0.3) is 0 Å². The highest BCUT2D eigenvalue weighted by Gasteiger charge is 2.63. The predicted octanol–water partition coefficient (Wildman–Crippen LogP) is 8.36. The molecule has 5 nitrogen and oxygen atoms in total. The molecule has 0 radical (unpaired) electrons. The lowest BCUT2D eigenvalue weighted by Gasteiger charge is -2.41. The fourth-order valence-corrected chi connectivity index (χ4v) is 24.5. The maximum absolute atomic E-state index is 13.2. The van der Waals surface area contributed by atoms with Gasteiger partial charge in [0.2, 0.25) is 0 Å². The highest BCUT2D eigenvalue weighted by Crippen LogP contribution is 2.65. The quantitative estimate of drug-likeness (QED) is 0.139. The molecule has 3 unspecified atom stereocenters. The number of Topliss-reactive ketones (excluding diaryl/α,β-unsaturated/α-hetero) is 1. The molecule has 0 heterocycles. The van der Waals surface area contributed by atoms with Crippen molar-refractivity contribution < 1.29 is 21.9 Å². The fourth-order valence-electron chi connectivity index (χ4n) is 6.57. The van der Waals surface area contributed by atoms with Gasteiger partial charge in [-0.05, 0) is 125 Å². The molecule has 2 aliphatic rings. The van der Waals surface area contributed by atoms with Crippen LogP contribution in [0.5, 0.6) is 5.75 Å². The molecular weight excluding hydrogens is 541 g/mol. The van der Waals surface area contributed by atoms with Gasteiger partial charge in [0.1, 0.15) is 5.75 Å². The molecule has 2 aliphatic carbocycles. The number of hydrogen-bond acceptors (Lipinski definition) is 5. The molecular formula is C29H52O5Si4. The number of benzene rings is 1. The van der Waals surface area contributed by atoms with Crippen LogP contribution in [0.25, 0.3) is 6.08 Å². The van der Waals surface area contributed by atoms with Crippen LogP contribution in [0.1, 0.15) is 45.6 Å². The van der Waals surface area contributed by atoms with Gasteiger partial charge in [0.15, 0.2) is 22.4 Å². The van der Waals surface area contributed by atoms with Crippen molar-refractivity contribution in [1.82, 2.24) is 0 Å². The minimum Gasteiger partial charge on any atom is -0.494 e. The Morgan fingerprint density at radius 2 is 1.45 bits per heavy atom. The molecule has 3 atom stereocenters. The van der Waals surface area contributed by atoms with Crippen LogP contribution >= 0.6 is 0 Å². The number of carbonyl (C=O) groups is 1. The van der Waals surface area contributed by atoms with Crippen LogP contribution in [0.15, 0.2) is 29.8 Å². The zero-order valence-corrected chi connectivity index (χ0v) is 30.0. The van der Waals surface area contributed by atoms with Crippen molar-refractivity contribution in [3.63, 3.8) is 0 Å². The van der Waals surface area contributed by atoms with Gasteiger partial charge in [0.05, 0.1) is 6.61 Å². The lowest BCUT2D eigenvalue weighted by atomic mass is 9.70. The van der Waals surface area contributed by atoms with E-state index in [0.29, 0.717) is 18.3 Å². The second-order valence-corrected chi connectivity index (χ2v) is 31.1. The first kappa shape index (κ1) is 31.7. The van der Waals surface area contributed by atoms with E-state index in [4.69, 9.17) is 17.1 Å². The Kier molecular flexibility index (Phi) is 9.07. The normalized spacial score (nSPS) is 26.2. The first-order valence-electron chi connectivity index (χ1n) is 14.3. The Morgan fingerprint density at radius 3 is 1.95 bits per heavy atom. The average Bonchev–Trinajstić information content (AvgIpc) is 3.02. The van der Waals surface area contributed by atoms with Gasteiger partial charge in [-0.3, -0.25) is 4.79 Å². The smallest absolute Gasteiger partial charge is 0.315 e. The highest BCUT2D eigenvalue weighted by molar-refractivity contribution is 6.89. The Balaban J connectivity index is 1.59. The van der Waals surface area contributed by atoms with Crippen LogP contribution in [0.4, 0.5) is 0 Å². The number of ketones is 1.